The van der Waals surface area contributed by atoms with E-state index in [0.29, 0.717) is 6.54 Å². The molecule has 0 radical (unpaired) electrons. The van der Waals surface area contributed by atoms with Gasteiger partial charge in [-0.05, 0) is 56.9 Å². The molecule has 0 aromatic carbocycles. The summed E-state index contributed by atoms with van der Waals surface area (Å²) in [6.07, 6.45) is 5.75. The summed E-state index contributed by atoms with van der Waals surface area (Å²) in [4.78, 5) is 6.89. The van der Waals surface area contributed by atoms with Crippen LogP contribution in [0.5, 0.6) is 0 Å². The van der Waals surface area contributed by atoms with Gasteiger partial charge in [0.25, 0.3) is 0 Å². The highest BCUT2D eigenvalue weighted by molar-refractivity contribution is 5.79. The molecule has 7 heteroatoms. The fraction of sp³-hybridized carbons (Fsp3) is 0.611. The minimum absolute atomic E-state index is 0.597. The number of nitrogens with one attached hydrogen (secondary N) is 2. The molecule has 0 aliphatic carbocycles. The standard InChI is InChI=1S/C18H29N7/c1-3-9-24-11-7-15(8-12-24)13-20-18(19-2)21-14-17-23-22-16-6-4-5-10-25(16)17/h4-6,10,15H,3,7-9,11-14H2,1-2H3,(H2,19,20,21). The summed E-state index contributed by atoms with van der Waals surface area (Å²) in [7, 11) is 1.81. The summed E-state index contributed by atoms with van der Waals surface area (Å²) in [6.45, 7) is 7.49. The maximum Gasteiger partial charge on any atom is 0.191 e. The number of guanidine groups is 1. The molecule has 1 aliphatic rings. The Morgan fingerprint density at radius 2 is 2.08 bits per heavy atom. The van der Waals surface area contributed by atoms with Crippen molar-refractivity contribution in [3.63, 3.8) is 0 Å². The average Bonchev–Trinajstić information content (AvgIpc) is 3.07. The SMILES string of the molecule is CCCN1CCC(CNC(=NC)NCc2nnc3ccccn23)CC1. The van der Waals surface area contributed by atoms with Gasteiger partial charge in [0, 0.05) is 19.8 Å². The van der Waals surface area contributed by atoms with Crippen LogP contribution in [0.25, 0.3) is 5.65 Å². The maximum atomic E-state index is 4.32. The number of hydrogen-bond acceptors (Lipinski definition) is 4. The molecule has 25 heavy (non-hydrogen) atoms. The van der Waals surface area contributed by atoms with Crippen molar-refractivity contribution in [2.75, 3.05) is 33.2 Å². The first kappa shape index (κ1) is 17.7. The number of pyridine rings is 1. The quantitative estimate of drug-likeness (QED) is 0.615. The highest BCUT2D eigenvalue weighted by Crippen LogP contribution is 2.16. The molecule has 1 fully saturated rings. The Morgan fingerprint density at radius 3 is 2.84 bits per heavy atom. The third-order valence-corrected chi connectivity index (χ3v) is 4.83. The molecule has 0 atom stereocenters. The van der Waals surface area contributed by atoms with Crippen molar-refractivity contribution in [2.24, 2.45) is 10.9 Å². The predicted molar refractivity (Wildman–Crippen MR) is 101 cm³/mol. The number of aliphatic imine (C=N–C) groups is 1. The third kappa shape index (κ3) is 4.69. The van der Waals surface area contributed by atoms with Crippen molar-refractivity contribution >= 4 is 11.6 Å². The number of aromatic nitrogens is 3. The number of rotatable bonds is 6. The number of nitrogens with zero attached hydrogens (tertiary/aromatic N) is 5. The lowest BCUT2D eigenvalue weighted by Gasteiger charge is -2.32. The lowest BCUT2D eigenvalue weighted by atomic mass is 9.97. The Morgan fingerprint density at radius 1 is 1.24 bits per heavy atom. The van der Waals surface area contributed by atoms with Crippen LogP contribution in [0.15, 0.2) is 29.4 Å². The molecular formula is C18H29N7. The van der Waals surface area contributed by atoms with Crippen molar-refractivity contribution in [3.05, 3.63) is 30.2 Å². The van der Waals surface area contributed by atoms with Gasteiger partial charge in [-0.2, -0.15) is 0 Å². The van der Waals surface area contributed by atoms with Crippen LogP contribution in [-0.2, 0) is 6.54 Å². The molecule has 2 aromatic heterocycles. The summed E-state index contributed by atoms with van der Waals surface area (Å²) in [5, 5.41) is 15.2. The third-order valence-electron chi connectivity index (χ3n) is 4.83. The van der Waals surface area contributed by atoms with Crippen LogP contribution in [0.3, 0.4) is 0 Å². The molecule has 0 amide bonds. The lowest BCUT2D eigenvalue weighted by Crippen LogP contribution is -2.42. The molecule has 0 bridgehead atoms. The Bertz CT molecular complexity index is 686. The first-order valence-electron chi connectivity index (χ1n) is 9.25. The molecule has 2 aromatic rings. The van der Waals surface area contributed by atoms with Crippen LogP contribution in [-0.4, -0.2) is 58.7 Å². The Labute approximate surface area is 149 Å². The van der Waals surface area contributed by atoms with E-state index in [1.54, 1.807) is 7.05 Å². The molecule has 0 spiro atoms. The van der Waals surface area contributed by atoms with Gasteiger partial charge in [-0.3, -0.25) is 9.39 Å². The zero-order valence-electron chi connectivity index (χ0n) is 15.3. The van der Waals surface area contributed by atoms with Crippen molar-refractivity contribution in [3.8, 4) is 0 Å². The van der Waals surface area contributed by atoms with Crippen molar-refractivity contribution in [2.45, 2.75) is 32.7 Å². The van der Waals surface area contributed by atoms with E-state index in [2.05, 4.69) is 37.6 Å². The van der Waals surface area contributed by atoms with Crippen LogP contribution < -0.4 is 10.6 Å². The van der Waals surface area contributed by atoms with Gasteiger partial charge >= 0.3 is 0 Å². The van der Waals surface area contributed by atoms with E-state index in [0.717, 1.165) is 29.9 Å². The van der Waals surface area contributed by atoms with Crippen LogP contribution in [0.1, 0.15) is 32.0 Å². The van der Waals surface area contributed by atoms with E-state index in [-0.39, 0.29) is 0 Å². The molecule has 2 N–H and O–H groups in total. The number of piperidine rings is 1. The molecule has 7 nitrogen and oxygen atoms in total. The maximum absolute atomic E-state index is 4.32. The minimum Gasteiger partial charge on any atom is -0.356 e. The summed E-state index contributed by atoms with van der Waals surface area (Å²) >= 11 is 0. The first-order valence-corrected chi connectivity index (χ1v) is 9.25. The topological polar surface area (TPSA) is 69.8 Å². The predicted octanol–water partition coefficient (Wildman–Crippen LogP) is 1.52. The van der Waals surface area contributed by atoms with Gasteiger partial charge in [0.2, 0.25) is 0 Å². The molecule has 3 rings (SSSR count). The second-order valence-corrected chi connectivity index (χ2v) is 6.64. The molecule has 3 heterocycles. The summed E-state index contributed by atoms with van der Waals surface area (Å²) in [6, 6.07) is 5.90. The Balaban J connectivity index is 1.44. The summed E-state index contributed by atoms with van der Waals surface area (Å²) in [5.41, 5.74) is 0.862. The van der Waals surface area contributed by atoms with Gasteiger partial charge in [-0.15, -0.1) is 10.2 Å². The van der Waals surface area contributed by atoms with Gasteiger partial charge < -0.3 is 15.5 Å². The molecule has 0 unspecified atom stereocenters. The second kappa shape index (κ2) is 8.80. The molecule has 1 saturated heterocycles. The highest BCUT2D eigenvalue weighted by atomic mass is 15.3. The number of hydrogen-bond donors (Lipinski definition) is 2. The highest BCUT2D eigenvalue weighted by Gasteiger charge is 2.18. The van der Waals surface area contributed by atoms with E-state index >= 15 is 0 Å². The Kier molecular flexibility index (Phi) is 6.22. The zero-order valence-corrected chi connectivity index (χ0v) is 15.3. The van der Waals surface area contributed by atoms with Gasteiger partial charge in [0.1, 0.15) is 0 Å². The monoisotopic (exact) mass is 343 g/mol. The smallest absolute Gasteiger partial charge is 0.191 e. The van der Waals surface area contributed by atoms with Crippen molar-refractivity contribution in [1.29, 1.82) is 0 Å². The van der Waals surface area contributed by atoms with Gasteiger partial charge in [-0.25, -0.2) is 0 Å². The van der Waals surface area contributed by atoms with Crippen molar-refractivity contribution in [1.82, 2.24) is 30.1 Å². The minimum atomic E-state index is 0.597. The summed E-state index contributed by atoms with van der Waals surface area (Å²) < 4.78 is 1.99. The fourth-order valence-electron chi connectivity index (χ4n) is 3.37. The van der Waals surface area contributed by atoms with Crippen LogP contribution >= 0.6 is 0 Å². The van der Waals surface area contributed by atoms with E-state index in [1.807, 2.05) is 28.8 Å². The number of fused-ring (bicyclic) bond motifs is 1. The fourth-order valence-corrected chi connectivity index (χ4v) is 3.37. The second-order valence-electron chi connectivity index (χ2n) is 6.64. The van der Waals surface area contributed by atoms with Crippen LogP contribution in [0, 0.1) is 5.92 Å². The van der Waals surface area contributed by atoms with E-state index in [1.165, 1.54) is 38.9 Å². The first-order chi connectivity index (χ1) is 12.3. The van der Waals surface area contributed by atoms with Crippen LogP contribution in [0.4, 0.5) is 0 Å². The van der Waals surface area contributed by atoms with E-state index in [9.17, 15) is 0 Å². The van der Waals surface area contributed by atoms with Crippen LogP contribution in [0.2, 0.25) is 0 Å². The van der Waals surface area contributed by atoms with Gasteiger partial charge in [-0.1, -0.05) is 13.0 Å². The molecule has 1 aliphatic heterocycles. The van der Waals surface area contributed by atoms with Gasteiger partial charge in [0.05, 0.1) is 6.54 Å². The molecule has 0 saturated carbocycles. The average molecular weight is 343 g/mol. The van der Waals surface area contributed by atoms with Gasteiger partial charge in [0.15, 0.2) is 17.4 Å². The Hall–Kier alpha value is -2.15. The van der Waals surface area contributed by atoms with E-state index in [4.69, 9.17) is 0 Å². The largest absolute Gasteiger partial charge is 0.356 e. The van der Waals surface area contributed by atoms with E-state index < -0.39 is 0 Å². The molecular weight excluding hydrogens is 314 g/mol. The normalized spacial score (nSPS) is 17.1. The van der Waals surface area contributed by atoms with Crippen molar-refractivity contribution < 1.29 is 0 Å². The zero-order chi connectivity index (χ0) is 17.5. The molecule has 136 valence electrons. The lowest BCUT2D eigenvalue weighted by molar-refractivity contribution is 0.185. The summed E-state index contributed by atoms with van der Waals surface area (Å²) in [5.74, 6) is 2.43. The number of likely N-dealkylation sites (tertiary alicyclic amines) is 1.